The molecule has 0 unspecified atom stereocenters. The van der Waals surface area contributed by atoms with Crippen LogP contribution in [0.2, 0.25) is 0 Å². The van der Waals surface area contributed by atoms with Gasteiger partial charge < -0.3 is 0 Å². The summed E-state index contributed by atoms with van der Waals surface area (Å²) in [5.41, 5.74) is 7.09. The van der Waals surface area contributed by atoms with Crippen LogP contribution in [-0.4, -0.2) is 29.1 Å². The first-order valence-corrected chi connectivity index (χ1v) is 16.3. The second-order valence-corrected chi connectivity index (χ2v) is 12.6. The Balaban J connectivity index is 1.39. The number of thiazole rings is 1. The summed E-state index contributed by atoms with van der Waals surface area (Å²) in [5, 5.41) is 5.50. The van der Waals surface area contributed by atoms with Crippen molar-refractivity contribution in [3.63, 3.8) is 0 Å². The molecule has 220 valence electrons. The van der Waals surface area contributed by atoms with Crippen molar-refractivity contribution in [2.24, 2.45) is 0 Å². The highest BCUT2D eigenvalue weighted by molar-refractivity contribution is 7.20. The van der Waals surface area contributed by atoms with E-state index < -0.39 is 0 Å². The van der Waals surface area contributed by atoms with E-state index in [1.54, 1.807) is 11.3 Å². The first kappa shape index (κ1) is 26.1. The van der Waals surface area contributed by atoms with Crippen LogP contribution in [0, 0.1) is 0 Å². The van der Waals surface area contributed by atoms with Crippen molar-refractivity contribution < 1.29 is 0 Å². The molecule has 0 radical (unpaired) electrons. The highest BCUT2D eigenvalue weighted by atomic mass is 32.1. The second kappa shape index (κ2) is 10.2. The fourth-order valence-corrected chi connectivity index (χ4v) is 7.75. The Hall–Kier alpha value is -6.18. The van der Waals surface area contributed by atoms with Crippen LogP contribution in [0.4, 0.5) is 0 Å². The van der Waals surface area contributed by atoms with Crippen molar-refractivity contribution in [2.75, 3.05) is 0 Å². The number of para-hydroxylation sites is 3. The van der Waals surface area contributed by atoms with Crippen LogP contribution < -0.4 is 0 Å². The maximum absolute atomic E-state index is 5.19. The van der Waals surface area contributed by atoms with Crippen LogP contribution in [0.25, 0.3) is 87.7 Å². The van der Waals surface area contributed by atoms with E-state index in [0.29, 0.717) is 17.6 Å². The molecule has 0 aliphatic heterocycles. The molecule has 0 aliphatic carbocycles. The Bertz CT molecular complexity index is 2700. The normalized spacial score (nSPS) is 11.8. The predicted molar refractivity (Wildman–Crippen MR) is 193 cm³/mol. The summed E-state index contributed by atoms with van der Waals surface area (Å²) in [4.78, 5) is 20.5. The number of hydrogen-bond acceptors (Lipinski definition) is 5. The van der Waals surface area contributed by atoms with Gasteiger partial charge in [-0.1, -0.05) is 133 Å². The maximum Gasteiger partial charge on any atom is 0.238 e. The largest absolute Gasteiger partial charge is 0.283 e. The average Bonchev–Trinajstić information content (AvgIpc) is 3.82. The maximum atomic E-state index is 5.19. The summed E-state index contributed by atoms with van der Waals surface area (Å²) in [6.45, 7) is 0. The van der Waals surface area contributed by atoms with Gasteiger partial charge in [0.2, 0.25) is 5.95 Å². The molecule has 0 spiro atoms. The lowest BCUT2D eigenvalue weighted by molar-refractivity contribution is 0.953. The number of hydrogen-bond donors (Lipinski definition) is 0. The third-order valence-electron chi connectivity index (χ3n) is 8.83. The Labute approximate surface area is 272 Å². The predicted octanol–water partition coefficient (Wildman–Crippen LogP) is 10.0. The first-order chi connectivity index (χ1) is 23.3. The van der Waals surface area contributed by atoms with Gasteiger partial charge in [0.05, 0.1) is 32.3 Å². The summed E-state index contributed by atoms with van der Waals surface area (Å²) in [6, 6.07) is 50.2. The molecule has 4 heterocycles. The van der Waals surface area contributed by atoms with Gasteiger partial charge >= 0.3 is 0 Å². The van der Waals surface area contributed by atoms with Crippen molar-refractivity contribution in [1.82, 2.24) is 29.1 Å². The molecule has 0 amide bonds. The lowest BCUT2D eigenvalue weighted by Gasteiger charge is -2.12. The molecular formula is C40H24N6S. The Morgan fingerprint density at radius 3 is 1.53 bits per heavy atom. The topological polar surface area (TPSA) is 61.4 Å². The average molecular weight is 621 g/mol. The van der Waals surface area contributed by atoms with E-state index in [4.69, 9.17) is 19.9 Å². The minimum absolute atomic E-state index is 0.567. The fourth-order valence-electron chi connectivity index (χ4n) is 6.76. The van der Waals surface area contributed by atoms with Gasteiger partial charge in [0.15, 0.2) is 16.8 Å². The van der Waals surface area contributed by atoms with E-state index in [0.717, 1.165) is 64.7 Å². The first-order valence-electron chi connectivity index (χ1n) is 15.5. The van der Waals surface area contributed by atoms with Crippen LogP contribution in [0.5, 0.6) is 0 Å². The molecule has 47 heavy (non-hydrogen) atoms. The molecule has 0 bridgehead atoms. The zero-order chi connectivity index (χ0) is 30.9. The molecular weight excluding hydrogens is 597 g/mol. The van der Waals surface area contributed by atoms with E-state index >= 15 is 0 Å². The van der Waals surface area contributed by atoms with Crippen LogP contribution in [-0.2, 0) is 0 Å². The van der Waals surface area contributed by atoms with Gasteiger partial charge in [0, 0.05) is 32.7 Å². The highest BCUT2D eigenvalue weighted by Gasteiger charge is 2.24. The van der Waals surface area contributed by atoms with Crippen molar-refractivity contribution >= 4 is 65.2 Å². The Kier molecular flexibility index (Phi) is 5.64. The number of rotatable bonds is 4. The van der Waals surface area contributed by atoms with Gasteiger partial charge in [-0.3, -0.25) is 9.13 Å². The van der Waals surface area contributed by atoms with Crippen LogP contribution in [0.3, 0.4) is 0 Å². The molecule has 0 saturated carbocycles. The summed E-state index contributed by atoms with van der Waals surface area (Å²) in [7, 11) is 0. The molecule has 0 aliphatic rings. The van der Waals surface area contributed by atoms with Gasteiger partial charge in [-0.15, -0.1) is 0 Å². The van der Waals surface area contributed by atoms with Gasteiger partial charge in [0.25, 0.3) is 0 Å². The van der Waals surface area contributed by atoms with Gasteiger partial charge in [-0.25, -0.2) is 9.97 Å². The van der Waals surface area contributed by atoms with Crippen LogP contribution in [0.15, 0.2) is 146 Å². The summed E-state index contributed by atoms with van der Waals surface area (Å²) < 4.78 is 5.69. The minimum Gasteiger partial charge on any atom is -0.283 e. The van der Waals surface area contributed by atoms with Crippen molar-refractivity contribution in [1.29, 1.82) is 0 Å². The monoisotopic (exact) mass is 620 g/mol. The zero-order valence-electron chi connectivity index (χ0n) is 24.9. The summed E-state index contributed by atoms with van der Waals surface area (Å²) in [6.07, 6.45) is 0. The molecule has 10 rings (SSSR count). The van der Waals surface area contributed by atoms with Crippen molar-refractivity contribution in [3.05, 3.63) is 146 Å². The second-order valence-electron chi connectivity index (χ2n) is 11.5. The van der Waals surface area contributed by atoms with Gasteiger partial charge in [-0.05, 0) is 24.3 Å². The van der Waals surface area contributed by atoms with E-state index in [-0.39, 0.29) is 0 Å². The summed E-state index contributed by atoms with van der Waals surface area (Å²) >= 11 is 1.70. The molecule has 0 fully saturated rings. The van der Waals surface area contributed by atoms with E-state index in [9.17, 15) is 0 Å². The lowest BCUT2D eigenvalue weighted by atomic mass is 10.1. The molecule has 7 heteroatoms. The van der Waals surface area contributed by atoms with E-state index in [1.807, 2.05) is 66.7 Å². The zero-order valence-corrected chi connectivity index (χ0v) is 25.8. The van der Waals surface area contributed by atoms with Crippen molar-refractivity contribution in [2.45, 2.75) is 0 Å². The van der Waals surface area contributed by atoms with Crippen LogP contribution >= 0.6 is 11.3 Å². The van der Waals surface area contributed by atoms with Crippen LogP contribution in [0.1, 0.15) is 0 Å². The summed E-state index contributed by atoms with van der Waals surface area (Å²) in [5.74, 6) is 1.82. The van der Waals surface area contributed by atoms with Gasteiger partial charge in [-0.2, -0.15) is 9.97 Å². The molecule has 4 aromatic heterocycles. The third-order valence-corrected chi connectivity index (χ3v) is 9.85. The number of benzene rings is 6. The fraction of sp³-hybridized carbons (Fsp3) is 0. The molecule has 6 nitrogen and oxygen atoms in total. The Morgan fingerprint density at radius 1 is 0.404 bits per heavy atom. The Morgan fingerprint density at radius 2 is 0.915 bits per heavy atom. The standard InChI is InChI=1S/C40H24N6S/c1-3-13-25(14-4-1)37-42-38(26-15-5-2-6-16-26)44-39(43-37)45-32-20-10-7-17-27(32)29-23-24-30-28-18-8-11-21-33(28)46(36(30)35(29)45)40-41-31-19-9-12-22-34(31)47-40/h1-24H. The molecule has 0 N–H and O–H groups in total. The quantitative estimate of drug-likeness (QED) is 0.196. The smallest absolute Gasteiger partial charge is 0.238 e. The molecule has 0 saturated heterocycles. The third kappa shape index (κ3) is 3.97. The number of fused-ring (bicyclic) bond motifs is 8. The SMILES string of the molecule is c1ccc(-c2nc(-c3ccccc3)nc(-n3c4ccccc4c4ccc5c6ccccc6n(-c6nc7ccccc7s6)c5c43)n2)cc1. The van der Waals surface area contributed by atoms with E-state index in [1.165, 1.54) is 5.39 Å². The van der Waals surface area contributed by atoms with Crippen molar-refractivity contribution in [3.8, 4) is 33.9 Å². The van der Waals surface area contributed by atoms with E-state index in [2.05, 4.69) is 88.0 Å². The molecule has 6 aromatic carbocycles. The molecule has 0 atom stereocenters. The highest BCUT2D eigenvalue weighted by Crippen LogP contribution is 2.42. The lowest BCUT2D eigenvalue weighted by Crippen LogP contribution is -2.07. The number of aromatic nitrogens is 6. The minimum atomic E-state index is 0.567. The molecule has 10 aromatic rings. The number of nitrogens with zero attached hydrogens (tertiary/aromatic N) is 6. The van der Waals surface area contributed by atoms with Gasteiger partial charge in [0.1, 0.15) is 0 Å².